The Bertz CT molecular complexity index is 3390. The minimum Gasteiger partial charge on any atom is -0.394 e. The minimum atomic E-state index is -5.22. The molecule has 4 fully saturated rings. The zero-order chi connectivity index (χ0) is 106. The minimum absolute atomic E-state index is 0.00496. The van der Waals surface area contributed by atoms with Gasteiger partial charge in [-0.15, -0.1) is 0 Å². The van der Waals surface area contributed by atoms with Crippen LogP contribution in [-0.2, 0) is 114 Å². The number of aliphatic hydroxyl groups excluding tert-OH is 12. The van der Waals surface area contributed by atoms with E-state index in [-0.39, 0.29) is 115 Å². The van der Waals surface area contributed by atoms with Gasteiger partial charge in [-0.05, 0) is 114 Å². The molecule has 0 aliphatic carbocycles. The molecule has 49 nitrogen and oxygen atoms in total. The predicted octanol–water partition coefficient (Wildman–Crippen LogP) is -5.89. The Morgan fingerprint density at radius 3 is 0.750 bits per heavy atom. The molecule has 4 aliphatic heterocycles. The van der Waals surface area contributed by atoms with Crippen LogP contribution in [-0.4, -0.2) is 410 Å². The number of alkyl halides is 6. The number of carbonyl (C=O) groups is 12. The van der Waals surface area contributed by atoms with Crippen molar-refractivity contribution in [1.29, 1.82) is 0 Å². The van der Waals surface area contributed by atoms with E-state index in [1.165, 1.54) is 6.92 Å². The van der Waals surface area contributed by atoms with Crippen molar-refractivity contribution in [2.45, 2.75) is 356 Å². The second-order valence-corrected chi connectivity index (χ2v) is 33.8. The van der Waals surface area contributed by atoms with Gasteiger partial charge < -0.3 is 188 Å². The highest BCUT2D eigenvalue weighted by Crippen LogP contribution is 2.29. The van der Waals surface area contributed by atoms with Gasteiger partial charge in [0.25, 0.3) is 11.8 Å². The van der Waals surface area contributed by atoms with E-state index >= 15 is 0 Å². The van der Waals surface area contributed by atoms with E-state index in [2.05, 4.69) is 53.2 Å². The van der Waals surface area contributed by atoms with Crippen molar-refractivity contribution < 1.29 is 202 Å². The summed E-state index contributed by atoms with van der Waals surface area (Å²) in [6.45, 7) is 14.6. The quantitative estimate of drug-likeness (QED) is 0.0117. The van der Waals surface area contributed by atoms with E-state index < -0.39 is 233 Å². The summed E-state index contributed by atoms with van der Waals surface area (Å²) in [5.41, 5.74) is 5.55. The third-order valence-electron chi connectivity index (χ3n) is 20.5. The Labute approximate surface area is 808 Å². The summed E-state index contributed by atoms with van der Waals surface area (Å²) in [7, 11) is 0. The molecule has 140 heavy (non-hydrogen) atoms. The summed E-state index contributed by atoms with van der Waals surface area (Å²) in [6.07, 6.45) is -21.6. The van der Waals surface area contributed by atoms with Crippen LogP contribution in [0.4, 0.5) is 26.3 Å². The highest BCUT2D eigenvalue weighted by Gasteiger charge is 2.52. The fraction of sp³-hybridized carbons (Fsp3) is 0.859. The van der Waals surface area contributed by atoms with Crippen molar-refractivity contribution in [3.05, 3.63) is 0 Å². The number of aliphatic hydroxyl groups is 12. The van der Waals surface area contributed by atoms with Crippen LogP contribution in [0.1, 0.15) is 191 Å². The number of hydrogen-bond donors (Lipinski definition) is 25. The summed E-state index contributed by atoms with van der Waals surface area (Å²) < 4.78 is 140. The standard InChI is InChI=1S/C22H42N4O9.C21H36F3N3O9.C21H37F2N3O9.C21H38FN3O9/c1-13(2)34-12-25-17(29)10-16(28)24-8-6-4-5-7-9-33-22-18(26-21(32)14(3)23)20(31)19(30)15(11-27)35-22;1-12(2)35-11-26-15(30)9-14(29)25-7-5-3-4-6-8-34-19-16(27-20(33)21(22,23)24)18(32)17(31)13(10-28)36-19;1-12(2)34-11-25-15(29)9-14(28)24-7-5-3-4-6-8-33-21-16(26-20(32)19(22)23)18(31)17(30)13(10-27)35-21;1-13(2)33-12-24-16(28)9-15(27)23-7-5-3-4-6-8-32-21-18(25-17(29)10-22)20(31)19(30)14(11-26)34-21/h13-15,18-20,22,27,30-31H,4-12,23H2,1-3H3,(H,24,28)(H,25,29)(H,26,32);12-13,16-19,28,31-32H,3-11H2,1-2H3,(H,25,29)(H,26,30)(H,27,33);12-13,16-19,21,27,30-31H,3-11H2,1-2H3,(H,24,28)(H,25,29)(H,26,32);13-14,18-21,26,30-31H,3-12H2,1-2H3,(H,23,27)(H,24,28)(H,25,29)/t14-,15?,18?,19?,20?,22?;;;/m1.../s1. The van der Waals surface area contributed by atoms with Gasteiger partial charge in [0.15, 0.2) is 31.8 Å². The first-order chi connectivity index (χ1) is 66.2. The first kappa shape index (κ1) is 130. The lowest BCUT2D eigenvalue weighted by molar-refractivity contribution is -0.272. The summed E-state index contributed by atoms with van der Waals surface area (Å²) in [6, 6.07) is -6.22. The predicted molar refractivity (Wildman–Crippen MR) is 476 cm³/mol. The average Bonchev–Trinajstić information content (AvgIpc) is 0.825. The first-order valence-corrected chi connectivity index (χ1v) is 46.6. The fourth-order valence-corrected chi connectivity index (χ4v) is 12.8. The number of nitrogens with one attached hydrogen (secondary N) is 12. The number of carbonyl (C=O) groups excluding carboxylic acids is 12. The third kappa shape index (κ3) is 56.5. The molecule has 4 saturated heterocycles. The Balaban J connectivity index is 0.000000934. The normalized spacial score (nSPS) is 24.7. The van der Waals surface area contributed by atoms with Gasteiger partial charge in [0.2, 0.25) is 53.2 Å². The zero-order valence-corrected chi connectivity index (χ0v) is 80.7. The number of rotatable bonds is 63. The van der Waals surface area contributed by atoms with Gasteiger partial charge in [-0.2, -0.15) is 22.0 Å². The van der Waals surface area contributed by atoms with Crippen LogP contribution in [0.5, 0.6) is 0 Å². The molecule has 4 aliphatic rings. The SMILES string of the molecule is CC(C)OCNC(=O)CC(=O)NCCCCCCOC1OC(CO)C(O)C(O)C1NC(=O)C(F)(F)F.CC(C)OCNC(=O)CC(=O)NCCCCCCOC1OC(CO)C(O)C(O)C1NC(=O)C(F)F.CC(C)OCNC(=O)CC(=O)NCCCCCCOC1OC(CO)C(O)C(O)C1NC(=O)CF.CC(C)OCNC(=O)CC(=O)NCCCCCCOC1OC(CO)C(O)C(O)C1NC(=O)[C@@H](C)N. The van der Waals surface area contributed by atoms with E-state index in [4.69, 9.17) is 62.6 Å². The van der Waals surface area contributed by atoms with E-state index in [1.54, 1.807) is 5.32 Å². The summed E-state index contributed by atoms with van der Waals surface area (Å²) in [5.74, 6) is -8.78. The first-order valence-electron chi connectivity index (χ1n) is 46.6. The van der Waals surface area contributed by atoms with Crippen LogP contribution in [0.25, 0.3) is 0 Å². The van der Waals surface area contributed by atoms with E-state index in [9.17, 15) is 145 Å². The molecular formula is C85H153F6N13O36. The van der Waals surface area contributed by atoms with Crippen LogP contribution in [0, 0.1) is 0 Å². The molecule has 0 saturated carbocycles. The molecule has 55 heteroatoms. The lowest BCUT2D eigenvalue weighted by Gasteiger charge is -2.42. The molecule has 20 unspecified atom stereocenters. The maximum absolute atomic E-state index is 12.6. The molecule has 26 N–H and O–H groups in total. The molecule has 0 radical (unpaired) electrons. The largest absolute Gasteiger partial charge is 0.471 e. The van der Waals surface area contributed by atoms with Gasteiger partial charge in [-0.3, -0.25) is 57.5 Å². The number of unbranched alkanes of at least 4 members (excludes halogenated alkanes) is 12. The Kier molecular flexibility index (Phi) is 69.0. The van der Waals surface area contributed by atoms with Gasteiger partial charge in [-0.1, -0.05) is 51.4 Å². The lowest BCUT2D eigenvalue weighted by Crippen LogP contribution is -2.65. The van der Waals surface area contributed by atoms with Crippen molar-refractivity contribution in [1.82, 2.24) is 63.8 Å². The van der Waals surface area contributed by atoms with Gasteiger partial charge in [0.05, 0.1) is 56.9 Å². The highest BCUT2D eigenvalue weighted by atomic mass is 19.4. The van der Waals surface area contributed by atoms with Gasteiger partial charge in [0.1, 0.15) is 150 Å². The monoisotopic (exact) mass is 2050 g/mol. The second-order valence-electron chi connectivity index (χ2n) is 33.8. The molecule has 12 amide bonds. The topological polar surface area (TPSA) is 729 Å². The van der Waals surface area contributed by atoms with Crippen molar-refractivity contribution in [3.8, 4) is 0 Å². The molecule has 4 heterocycles. The highest BCUT2D eigenvalue weighted by molar-refractivity contribution is 5.98. The molecule has 0 aromatic rings. The average molecular weight is 2050 g/mol. The van der Waals surface area contributed by atoms with Gasteiger partial charge in [0, 0.05) is 52.6 Å². The molecule has 0 aromatic heterocycles. The molecule has 816 valence electrons. The van der Waals surface area contributed by atoms with E-state index in [0.29, 0.717) is 96.8 Å². The Hall–Kier alpha value is -7.78. The van der Waals surface area contributed by atoms with Crippen LogP contribution in [0.2, 0.25) is 0 Å². The van der Waals surface area contributed by atoms with Crippen LogP contribution in [0.3, 0.4) is 0 Å². The molecule has 4 rings (SSSR count). The summed E-state index contributed by atoms with van der Waals surface area (Å²) in [5, 5.41) is 147. The van der Waals surface area contributed by atoms with Crippen molar-refractivity contribution in [2.75, 3.05) is 113 Å². The van der Waals surface area contributed by atoms with Gasteiger partial charge >= 0.3 is 18.5 Å². The Morgan fingerprint density at radius 2 is 0.536 bits per heavy atom. The maximum atomic E-state index is 12.6. The molecule has 0 aromatic carbocycles. The lowest BCUT2D eigenvalue weighted by atomic mass is 9.96. The van der Waals surface area contributed by atoms with E-state index in [0.717, 1.165) is 32.1 Å². The van der Waals surface area contributed by atoms with Crippen molar-refractivity contribution in [3.63, 3.8) is 0 Å². The second kappa shape index (κ2) is 74.2. The Morgan fingerprint density at radius 1 is 0.314 bits per heavy atom. The summed E-state index contributed by atoms with van der Waals surface area (Å²) in [4.78, 5) is 139. The van der Waals surface area contributed by atoms with Crippen LogP contribution in [0.15, 0.2) is 0 Å². The molecular weight excluding hydrogens is 1890 g/mol. The fourth-order valence-electron chi connectivity index (χ4n) is 12.8. The number of hydrogen-bond acceptors (Lipinski definition) is 37. The van der Waals surface area contributed by atoms with E-state index in [1.807, 2.05) is 60.7 Å². The van der Waals surface area contributed by atoms with Gasteiger partial charge in [-0.25, -0.2) is 4.39 Å². The van der Waals surface area contributed by atoms with Crippen LogP contribution < -0.4 is 69.5 Å². The smallest absolute Gasteiger partial charge is 0.394 e. The summed E-state index contributed by atoms with van der Waals surface area (Å²) >= 11 is 0. The van der Waals surface area contributed by atoms with Crippen molar-refractivity contribution >= 4 is 70.9 Å². The molecule has 0 bridgehead atoms. The number of halogens is 6. The number of nitrogens with two attached hydrogens (primary N) is 1. The van der Waals surface area contributed by atoms with Crippen LogP contribution >= 0.6 is 0 Å². The zero-order valence-electron chi connectivity index (χ0n) is 80.7. The third-order valence-corrected chi connectivity index (χ3v) is 20.5. The molecule has 21 atom stereocenters. The number of amides is 12. The number of ether oxygens (including phenoxy) is 12. The molecule has 0 spiro atoms. The van der Waals surface area contributed by atoms with Crippen molar-refractivity contribution in [2.24, 2.45) is 5.73 Å². The maximum Gasteiger partial charge on any atom is 0.471 e.